The highest BCUT2D eigenvalue weighted by Gasteiger charge is 2.43. The molecule has 158 valence electrons. The molecule has 3 heterocycles. The van der Waals surface area contributed by atoms with Gasteiger partial charge in [0.15, 0.2) is 5.69 Å². The molecule has 4 rings (SSSR count). The van der Waals surface area contributed by atoms with Crippen LogP contribution < -0.4 is 4.90 Å². The summed E-state index contributed by atoms with van der Waals surface area (Å²) in [7, 11) is 0. The SMILES string of the molecule is CC1(O)CC(=O)CC2=C1C(C1CCN(c3ccc(C(F)(F)F)c(C#N)n3)CC1)=NC2. The van der Waals surface area contributed by atoms with Gasteiger partial charge in [0.1, 0.15) is 17.7 Å². The van der Waals surface area contributed by atoms with Crippen LogP contribution in [0.5, 0.6) is 0 Å². The normalized spacial score (nSPS) is 25.3. The van der Waals surface area contributed by atoms with Gasteiger partial charge in [-0.1, -0.05) is 0 Å². The van der Waals surface area contributed by atoms with Crippen LogP contribution in [0.1, 0.15) is 43.9 Å². The predicted octanol–water partition coefficient (Wildman–Crippen LogP) is 3.05. The summed E-state index contributed by atoms with van der Waals surface area (Å²) in [5.41, 5.74) is -0.289. The molecule has 1 N–H and O–H groups in total. The maximum Gasteiger partial charge on any atom is 0.419 e. The van der Waals surface area contributed by atoms with Crippen LogP contribution in [0.15, 0.2) is 28.3 Å². The van der Waals surface area contributed by atoms with E-state index in [1.54, 1.807) is 13.0 Å². The number of hydrogen-bond acceptors (Lipinski definition) is 6. The van der Waals surface area contributed by atoms with Crippen LogP contribution >= 0.6 is 0 Å². The van der Waals surface area contributed by atoms with Gasteiger partial charge in [-0.25, -0.2) is 4.98 Å². The molecule has 0 amide bonds. The van der Waals surface area contributed by atoms with Gasteiger partial charge in [-0.2, -0.15) is 18.4 Å². The van der Waals surface area contributed by atoms with E-state index >= 15 is 0 Å². The molecule has 0 saturated carbocycles. The van der Waals surface area contributed by atoms with Crippen LogP contribution in [0.25, 0.3) is 0 Å². The molecule has 1 atom stereocenters. The highest BCUT2D eigenvalue weighted by atomic mass is 19.4. The first-order valence-electron chi connectivity index (χ1n) is 9.85. The molecule has 9 heteroatoms. The zero-order valence-electron chi connectivity index (χ0n) is 16.5. The second-order valence-electron chi connectivity index (χ2n) is 8.28. The van der Waals surface area contributed by atoms with Crippen LogP contribution in [0, 0.1) is 17.2 Å². The molecule has 1 aliphatic carbocycles. The molecule has 1 aromatic heterocycles. The Bertz CT molecular complexity index is 996. The average molecular weight is 418 g/mol. The number of nitriles is 1. The molecule has 0 radical (unpaired) electrons. The van der Waals surface area contributed by atoms with Crippen molar-refractivity contribution in [3.05, 3.63) is 34.5 Å². The zero-order valence-corrected chi connectivity index (χ0v) is 16.5. The minimum atomic E-state index is -4.62. The van der Waals surface area contributed by atoms with Gasteiger partial charge in [0, 0.05) is 43.1 Å². The number of hydrogen-bond donors (Lipinski definition) is 1. The van der Waals surface area contributed by atoms with Gasteiger partial charge in [0.2, 0.25) is 0 Å². The summed E-state index contributed by atoms with van der Waals surface area (Å²) >= 11 is 0. The summed E-state index contributed by atoms with van der Waals surface area (Å²) in [6, 6.07) is 3.75. The van der Waals surface area contributed by atoms with E-state index in [0.29, 0.717) is 44.7 Å². The van der Waals surface area contributed by atoms with Crippen molar-refractivity contribution in [2.24, 2.45) is 10.9 Å². The molecule has 30 heavy (non-hydrogen) atoms. The van der Waals surface area contributed by atoms with E-state index in [1.807, 2.05) is 4.90 Å². The van der Waals surface area contributed by atoms with Crippen molar-refractivity contribution in [2.45, 2.75) is 44.4 Å². The fraction of sp³-hybridized carbons (Fsp3) is 0.524. The molecule has 1 unspecified atom stereocenters. The number of nitrogens with zero attached hydrogens (tertiary/aromatic N) is 4. The maximum atomic E-state index is 13.0. The molecular weight excluding hydrogens is 397 g/mol. The Morgan fingerprint density at radius 2 is 2.00 bits per heavy atom. The van der Waals surface area contributed by atoms with E-state index in [1.165, 1.54) is 6.07 Å². The summed E-state index contributed by atoms with van der Waals surface area (Å²) in [5.74, 6) is 0.478. The lowest BCUT2D eigenvalue weighted by molar-refractivity contribution is -0.138. The number of rotatable bonds is 2. The van der Waals surface area contributed by atoms with E-state index in [9.17, 15) is 23.1 Å². The monoisotopic (exact) mass is 418 g/mol. The number of aromatic nitrogens is 1. The number of ketones is 1. The van der Waals surface area contributed by atoms with Gasteiger partial charge in [-0.05, 0) is 37.5 Å². The van der Waals surface area contributed by atoms with Crippen LogP contribution in [0.3, 0.4) is 0 Å². The number of piperidine rings is 1. The van der Waals surface area contributed by atoms with E-state index < -0.39 is 23.0 Å². The Morgan fingerprint density at radius 1 is 1.30 bits per heavy atom. The summed E-state index contributed by atoms with van der Waals surface area (Å²) in [5, 5.41) is 19.9. The molecule has 0 bridgehead atoms. The molecular formula is C21H21F3N4O2. The lowest BCUT2D eigenvalue weighted by Crippen LogP contribution is -2.42. The number of alkyl halides is 3. The van der Waals surface area contributed by atoms with Crippen LogP contribution in [0.4, 0.5) is 19.0 Å². The quantitative estimate of drug-likeness (QED) is 0.797. The van der Waals surface area contributed by atoms with Crippen molar-refractivity contribution in [1.29, 1.82) is 5.26 Å². The van der Waals surface area contributed by atoms with E-state index in [-0.39, 0.29) is 18.1 Å². The Morgan fingerprint density at radius 3 is 2.63 bits per heavy atom. The molecule has 1 saturated heterocycles. The standard InChI is InChI=1S/C21H21F3N4O2/c1-20(30)9-14(29)8-13-11-26-19(18(13)20)12-4-6-28(7-5-12)17-3-2-15(21(22,23)24)16(10-25)27-17/h2-3,12,30H,4-9,11H2,1H3. The number of carbonyl (C=O) groups is 1. The smallest absolute Gasteiger partial charge is 0.385 e. The summed E-state index contributed by atoms with van der Waals surface area (Å²) in [6.45, 7) is 3.21. The summed E-state index contributed by atoms with van der Waals surface area (Å²) in [4.78, 5) is 22.3. The third-order valence-electron chi connectivity index (χ3n) is 6.04. The number of carbonyl (C=O) groups excluding carboxylic acids is 1. The minimum Gasteiger partial charge on any atom is -0.385 e. The number of halogens is 3. The van der Waals surface area contributed by atoms with Gasteiger partial charge >= 0.3 is 6.18 Å². The van der Waals surface area contributed by atoms with Gasteiger partial charge in [-0.3, -0.25) is 9.79 Å². The lowest BCUT2D eigenvalue weighted by Gasteiger charge is -2.37. The molecule has 0 aromatic carbocycles. The van der Waals surface area contributed by atoms with Gasteiger partial charge in [0.05, 0.1) is 17.7 Å². The third kappa shape index (κ3) is 3.60. The second-order valence-corrected chi connectivity index (χ2v) is 8.28. The van der Waals surface area contributed by atoms with E-state index in [4.69, 9.17) is 5.26 Å². The molecule has 1 fully saturated rings. The Labute approximate surface area is 171 Å². The predicted molar refractivity (Wildman–Crippen MR) is 103 cm³/mol. The second kappa shape index (κ2) is 7.20. The number of aliphatic imine (C=N–C) groups is 1. The van der Waals surface area contributed by atoms with E-state index in [0.717, 1.165) is 22.9 Å². The Kier molecular flexibility index (Phi) is 4.93. The fourth-order valence-electron chi connectivity index (χ4n) is 4.75. The van der Waals surface area contributed by atoms with Crippen LogP contribution in [0.2, 0.25) is 0 Å². The topological polar surface area (TPSA) is 89.6 Å². The van der Waals surface area contributed by atoms with Gasteiger partial charge in [0.25, 0.3) is 0 Å². The van der Waals surface area contributed by atoms with Crippen molar-refractivity contribution < 1.29 is 23.1 Å². The molecule has 0 spiro atoms. The van der Waals surface area contributed by atoms with Crippen molar-refractivity contribution in [3.8, 4) is 6.07 Å². The van der Waals surface area contributed by atoms with Gasteiger partial charge in [-0.15, -0.1) is 0 Å². The van der Waals surface area contributed by atoms with Crippen molar-refractivity contribution in [1.82, 2.24) is 4.98 Å². The highest BCUT2D eigenvalue weighted by molar-refractivity contribution is 6.08. The minimum absolute atomic E-state index is 0.0201. The molecule has 3 aliphatic rings. The Balaban J connectivity index is 1.49. The first kappa shape index (κ1) is 20.5. The largest absolute Gasteiger partial charge is 0.419 e. The van der Waals surface area contributed by atoms with Crippen molar-refractivity contribution in [2.75, 3.05) is 24.5 Å². The average Bonchev–Trinajstić information content (AvgIpc) is 3.11. The van der Waals surface area contributed by atoms with Crippen LogP contribution in [-0.2, 0) is 11.0 Å². The first-order valence-corrected chi connectivity index (χ1v) is 9.85. The zero-order chi connectivity index (χ0) is 21.7. The molecule has 6 nitrogen and oxygen atoms in total. The van der Waals surface area contributed by atoms with Crippen LogP contribution in [-0.4, -0.2) is 46.8 Å². The lowest BCUT2D eigenvalue weighted by atomic mass is 9.74. The van der Waals surface area contributed by atoms with Crippen molar-refractivity contribution >= 4 is 17.3 Å². The number of aliphatic hydroxyl groups is 1. The van der Waals surface area contributed by atoms with Gasteiger partial charge < -0.3 is 10.0 Å². The van der Waals surface area contributed by atoms with Crippen molar-refractivity contribution in [3.63, 3.8) is 0 Å². The first-order chi connectivity index (χ1) is 14.1. The summed E-state index contributed by atoms with van der Waals surface area (Å²) < 4.78 is 39.0. The Hall–Kier alpha value is -2.73. The highest BCUT2D eigenvalue weighted by Crippen LogP contribution is 2.40. The molecule has 1 aromatic rings. The number of anilines is 1. The number of pyridine rings is 1. The maximum absolute atomic E-state index is 13.0. The summed E-state index contributed by atoms with van der Waals surface area (Å²) in [6.07, 6.45) is -2.79. The molecule has 2 aliphatic heterocycles. The van der Waals surface area contributed by atoms with E-state index in [2.05, 4.69) is 9.98 Å². The fourth-order valence-corrected chi connectivity index (χ4v) is 4.75. The number of Topliss-reactive ketones (excluding diaryl/α,β-unsaturated/α-hetero) is 1. The third-order valence-corrected chi connectivity index (χ3v) is 6.04.